The Balaban J connectivity index is 2.07. The smallest absolute Gasteiger partial charge is 0.190 e. The standard InChI is InChI=1S/C16H23N3O2S2/c1-4-16(2)8-10-11(9-21-16)23-14-12(10)13(17-6-5-7-20)18-15(19-14)22-3/h20H,4-9H2,1-3H3,(H,17,18,19)/t16-/m0/s1. The number of hydrogen-bond acceptors (Lipinski definition) is 7. The van der Waals surface area contributed by atoms with Gasteiger partial charge in [0.25, 0.3) is 0 Å². The van der Waals surface area contributed by atoms with Crippen LogP contribution in [-0.2, 0) is 17.8 Å². The highest BCUT2D eigenvalue weighted by Gasteiger charge is 2.33. The molecule has 5 nitrogen and oxygen atoms in total. The van der Waals surface area contributed by atoms with Crippen molar-refractivity contribution >= 4 is 39.1 Å². The van der Waals surface area contributed by atoms with Crippen LogP contribution < -0.4 is 5.32 Å². The van der Waals surface area contributed by atoms with Crippen molar-refractivity contribution in [3.05, 3.63) is 10.4 Å². The predicted molar refractivity (Wildman–Crippen MR) is 96.6 cm³/mol. The molecule has 2 aromatic heterocycles. The Labute approximate surface area is 144 Å². The number of thiophene rings is 1. The average molecular weight is 354 g/mol. The molecule has 0 spiro atoms. The minimum absolute atomic E-state index is 0.110. The first-order valence-corrected chi connectivity index (χ1v) is 9.99. The van der Waals surface area contributed by atoms with Gasteiger partial charge in [-0.3, -0.25) is 0 Å². The molecule has 0 aliphatic carbocycles. The van der Waals surface area contributed by atoms with Crippen LogP contribution in [-0.4, -0.2) is 40.1 Å². The molecule has 126 valence electrons. The van der Waals surface area contributed by atoms with Gasteiger partial charge >= 0.3 is 0 Å². The number of aliphatic hydroxyl groups excluding tert-OH is 1. The summed E-state index contributed by atoms with van der Waals surface area (Å²) in [6.07, 6.45) is 4.59. The second kappa shape index (κ2) is 6.93. The van der Waals surface area contributed by atoms with E-state index in [9.17, 15) is 0 Å². The van der Waals surface area contributed by atoms with Gasteiger partial charge in [-0.25, -0.2) is 9.97 Å². The quantitative estimate of drug-likeness (QED) is 0.471. The molecule has 0 fully saturated rings. The van der Waals surface area contributed by atoms with Crippen LogP contribution >= 0.6 is 23.1 Å². The third kappa shape index (κ3) is 3.33. The summed E-state index contributed by atoms with van der Waals surface area (Å²) in [6.45, 7) is 5.89. The highest BCUT2D eigenvalue weighted by atomic mass is 32.2. The average Bonchev–Trinajstić information content (AvgIpc) is 2.92. The first kappa shape index (κ1) is 17.0. The Bertz CT molecular complexity index is 704. The van der Waals surface area contributed by atoms with Gasteiger partial charge in [-0.05, 0) is 31.6 Å². The van der Waals surface area contributed by atoms with E-state index < -0.39 is 0 Å². The first-order chi connectivity index (χ1) is 11.1. The molecule has 7 heteroatoms. The van der Waals surface area contributed by atoms with Crippen LogP contribution in [0.3, 0.4) is 0 Å². The van der Waals surface area contributed by atoms with Crippen molar-refractivity contribution in [3.8, 4) is 0 Å². The van der Waals surface area contributed by atoms with E-state index in [0.717, 1.165) is 34.0 Å². The van der Waals surface area contributed by atoms with Gasteiger partial charge in [-0.2, -0.15) is 0 Å². The number of rotatable bonds is 6. The van der Waals surface area contributed by atoms with Crippen molar-refractivity contribution in [2.75, 3.05) is 24.7 Å². The minimum atomic E-state index is -0.110. The molecule has 0 amide bonds. The molecular formula is C16H23N3O2S2. The van der Waals surface area contributed by atoms with E-state index in [1.807, 2.05) is 6.26 Å². The second-order valence-corrected chi connectivity index (χ2v) is 7.87. The summed E-state index contributed by atoms with van der Waals surface area (Å²) >= 11 is 3.27. The van der Waals surface area contributed by atoms with Crippen molar-refractivity contribution in [3.63, 3.8) is 0 Å². The molecule has 0 saturated heterocycles. The molecule has 0 radical (unpaired) electrons. The highest BCUT2D eigenvalue weighted by Crippen LogP contribution is 2.42. The van der Waals surface area contributed by atoms with Crippen LogP contribution in [0.1, 0.15) is 37.1 Å². The number of nitrogens with zero attached hydrogens (tertiary/aromatic N) is 2. The fraction of sp³-hybridized carbons (Fsp3) is 0.625. The molecule has 23 heavy (non-hydrogen) atoms. The summed E-state index contributed by atoms with van der Waals surface area (Å²) in [5, 5.41) is 14.3. The number of anilines is 1. The van der Waals surface area contributed by atoms with Crippen molar-refractivity contribution < 1.29 is 9.84 Å². The number of thioether (sulfide) groups is 1. The van der Waals surface area contributed by atoms with E-state index in [2.05, 4.69) is 29.1 Å². The van der Waals surface area contributed by atoms with E-state index in [0.29, 0.717) is 19.6 Å². The Morgan fingerprint density at radius 1 is 1.43 bits per heavy atom. The highest BCUT2D eigenvalue weighted by molar-refractivity contribution is 7.98. The number of aliphatic hydroxyl groups is 1. The Morgan fingerprint density at radius 2 is 2.26 bits per heavy atom. The van der Waals surface area contributed by atoms with Gasteiger partial charge in [-0.15, -0.1) is 11.3 Å². The molecular weight excluding hydrogens is 330 g/mol. The summed E-state index contributed by atoms with van der Waals surface area (Å²) < 4.78 is 6.07. The van der Waals surface area contributed by atoms with Crippen LogP contribution in [0.15, 0.2) is 5.16 Å². The zero-order valence-corrected chi connectivity index (χ0v) is 15.4. The maximum absolute atomic E-state index is 9.02. The van der Waals surface area contributed by atoms with Gasteiger partial charge in [0.15, 0.2) is 5.16 Å². The van der Waals surface area contributed by atoms with Crippen molar-refractivity contribution in [2.24, 2.45) is 0 Å². The summed E-state index contributed by atoms with van der Waals surface area (Å²) in [5.41, 5.74) is 1.22. The molecule has 1 aliphatic rings. The molecule has 3 rings (SSSR count). The lowest BCUT2D eigenvalue weighted by molar-refractivity contribution is -0.0542. The maximum atomic E-state index is 9.02. The molecule has 0 aromatic carbocycles. The van der Waals surface area contributed by atoms with Crippen molar-refractivity contribution in [2.45, 2.75) is 50.5 Å². The van der Waals surface area contributed by atoms with Crippen LogP contribution in [0.5, 0.6) is 0 Å². The summed E-state index contributed by atoms with van der Waals surface area (Å²) in [6, 6.07) is 0. The van der Waals surface area contributed by atoms with Crippen LogP contribution in [0.4, 0.5) is 5.82 Å². The molecule has 0 bridgehead atoms. The molecule has 2 N–H and O–H groups in total. The van der Waals surface area contributed by atoms with E-state index in [1.54, 1.807) is 23.1 Å². The van der Waals surface area contributed by atoms with Gasteiger partial charge in [0, 0.05) is 24.4 Å². The van der Waals surface area contributed by atoms with Gasteiger partial charge in [0.2, 0.25) is 0 Å². The van der Waals surface area contributed by atoms with Crippen molar-refractivity contribution in [1.29, 1.82) is 0 Å². The van der Waals surface area contributed by atoms with Crippen molar-refractivity contribution in [1.82, 2.24) is 9.97 Å². The normalized spacial score (nSPS) is 20.7. The fourth-order valence-corrected chi connectivity index (χ4v) is 4.31. The summed E-state index contributed by atoms with van der Waals surface area (Å²) in [4.78, 5) is 11.7. The zero-order valence-electron chi connectivity index (χ0n) is 13.8. The topological polar surface area (TPSA) is 67.3 Å². The molecule has 0 unspecified atom stereocenters. The molecule has 3 heterocycles. The van der Waals surface area contributed by atoms with Crippen LogP contribution in [0.25, 0.3) is 10.2 Å². The minimum Gasteiger partial charge on any atom is -0.396 e. The molecule has 2 aromatic rings. The van der Waals surface area contributed by atoms with Crippen LogP contribution in [0, 0.1) is 0 Å². The van der Waals surface area contributed by atoms with Crippen LogP contribution in [0.2, 0.25) is 0 Å². The predicted octanol–water partition coefficient (Wildman–Crippen LogP) is 3.45. The van der Waals surface area contributed by atoms with Gasteiger partial charge in [0.1, 0.15) is 10.6 Å². The van der Waals surface area contributed by atoms with Gasteiger partial charge in [-0.1, -0.05) is 18.7 Å². The lowest BCUT2D eigenvalue weighted by atomic mass is 9.90. The summed E-state index contributed by atoms with van der Waals surface area (Å²) in [7, 11) is 0. The monoisotopic (exact) mass is 353 g/mol. The Hall–Kier alpha value is -0.890. The lowest BCUT2D eigenvalue weighted by Crippen LogP contribution is -2.34. The summed E-state index contributed by atoms with van der Waals surface area (Å²) in [5.74, 6) is 0.894. The number of nitrogens with one attached hydrogen (secondary N) is 1. The van der Waals surface area contributed by atoms with Gasteiger partial charge in [0.05, 0.1) is 17.6 Å². The lowest BCUT2D eigenvalue weighted by Gasteiger charge is -2.33. The Morgan fingerprint density at radius 3 is 2.96 bits per heavy atom. The largest absolute Gasteiger partial charge is 0.396 e. The van der Waals surface area contributed by atoms with E-state index in [-0.39, 0.29) is 12.2 Å². The van der Waals surface area contributed by atoms with E-state index in [1.165, 1.54) is 10.4 Å². The van der Waals surface area contributed by atoms with E-state index in [4.69, 9.17) is 9.84 Å². The van der Waals surface area contributed by atoms with Gasteiger partial charge < -0.3 is 15.2 Å². The fourth-order valence-electron chi connectivity index (χ4n) is 2.78. The van der Waals surface area contributed by atoms with E-state index >= 15 is 0 Å². The molecule has 0 saturated carbocycles. The second-order valence-electron chi connectivity index (χ2n) is 6.02. The zero-order chi connectivity index (χ0) is 16.4. The third-order valence-corrected chi connectivity index (χ3v) is 6.02. The number of hydrogen-bond donors (Lipinski definition) is 2. The molecule has 1 aliphatic heterocycles. The maximum Gasteiger partial charge on any atom is 0.190 e. The Kier molecular flexibility index (Phi) is 5.10. The molecule has 1 atom stereocenters. The SMILES string of the molecule is CC[C@@]1(C)Cc2c(sc3nc(SC)nc(NCCCO)c23)CO1. The third-order valence-electron chi connectivity index (χ3n) is 4.37. The number of fused-ring (bicyclic) bond motifs is 3. The first-order valence-electron chi connectivity index (χ1n) is 7.95. The number of ether oxygens (including phenoxy) is 1. The number of aromatic nitrogens is 2.